The Morgan fingerprint density at radius 1 is 0.871 bits per heavy atom. The highest BCUT2D eigenvalue weighted by Gasteiger charge is 2.24. The van der Waals surface area contributed by atoms with Gasteiger partial charge in [0.25, 0.3) is 10.0 Å². The average Bonchev–Trinajstić information content (AvgIpc) is 2.79. The van der Waals surface area contributed by atoms with Gasteiger partial charge in [-0.3, -0.25) is 9.10 Å². The lowest BCUT2D eigenvalue weighted by molar-refractivity contribution is -0.121. The van der Waals surface area contributed by atoms with Crippen LogP contribution in [0.15, 0.2) is 89.8 Å². The third-order valence-corrected chi connectivity index (χ3v) is 6.84. The molecule has 1 amide bonds. The zero-order chi connectivity index (χ0) is 22.1. The van der Waals surface area contributed by atoms with Crippen LogP contribution < -0.4 is 9.62 Å². The number of para-hydroxylation sites is 1. The zero-order valence-corrected chi connectivity index (χ0v) is 18.5. The van der Waals surface area contributed by atoms with E-state index in [1.165, 1.54) is 4.31 Å². The first-order chi connectivity index (χ1) is 15.0. The van der Waals surface area contributed by atoms with E-state index in [-0.39, 0.29) is 17.3 Å². The van der Waals surface area contributed by atoms with Crippen molar-refractivity contribution in [2.24, 2.45) is 0 Å². The van der Waals surface area contributed by atoms with Crippen molar-refractivity contribution < 1.29 is 13.2 Å². The minimum atomic E-state index is -3.70. The van der Waals surface area contributed by atoms with E-state index in [1.807, 2.05) is 55.5 Å². The maximum atomic E-state index is 13.3. The number of hydrogen-bond acceptors (Lipinski definition) is 3. The minimum absolute atomic E-state index is 0.0310. The van der Waals surface area contributed by atoms with Gasteiger partial charge >= 0.3 is 0 Å². The van der Waals surface area contributed by atoms with Crippen molar-refractivity contribution in [3.8, 4) is 0 Å². The van der Waals surface area contributed by atoms with Crippen molar-refractivity contribution in [3.05, 3.63) is 96.1 Å². The molecule has 5 nitrogen and oxygen atoms in total. The Morgan fingerprint density at radius 3 is 2.13 bits per heavy atom. The Balaban J connectivity index is 1.59. The molecule has 0 unspecified atom stereocenters. The van der Waals surface area contributed by atoms with E-state index < -0.39 is 10.0 Å². The Kier molecular flexibility index (Phi) is 7.84. The number of nitrogens with one attached hydrogen (secondary N) is 1. The molecular weight excluding hydrogens is 408 g/mol. The van der Waals surface area contributed by atoms with Crippen molar-refractivity contribution in [1.29, 1.82) is 0 Å². The normalized spacial score (nSPS) is 11.1. The molecule has 0 bridgehead atoms. The number of sulfonamides is 1. The second-order valence-electron chi connectivity index (χ2n) is 7.41. The highest BCUT2D eigenvalue weighted by molar-refractivity contribution is 7.92. The standard InChI is InChI=1S/C25H28N2O3S/c1-21-13-16-24(17-14-21)31(29,30)27(23-11-6-3-7-12-23)20-8-19-26-25(28)18-15-22-9-4-2-5-10-22/h2-7,9-14,16-17H,8,15,18-20H2,1H3,(H,26,28). The second kappa shape index (κ2) is 10.8. The molecule has 0 saturated carbocycles. The number of benzene rings is 3. The third-order valence-electron chi connectivity index (χ3n) is 5.00. The van der Waals surface area contributed by atoms with Crippen LogP contribution in [-0.4, -0.2) is 27.4 Å². The van der Waals surface area contributed by atoms with Gasteiger partial charge in [-0.2, -0.15) is 0 Å². The topological polar surface area (TPSA) is 66.5 Å². The van der Waals surface area contributed by atoms with Gasteiger partial charge in [0, 0.05) is 19.5 Å². The molecule has 31 heavy (non-hydrogen) atoms. The van der Waals surface area contributed by atoms with Gasteiger partial charge in [-0.1, -0.05) is 66.2 Å². The first-order valence-corrected chi connectivity index (χ1v) is 11.9. The molecule has 0 spiro atoms. The van der Waals surface area contributed by atoms with Crippen molar-refractivity contribution in [2.75, 3.05) is 17.4 Å². The largest absolute Gasteiger partial charge is 0.356 e. The van der Waals surface area contributed by atoms with Crippen LogP contribution in [0, 0.1) is 6.92 Å². The molecule has 0 heterocycles. The van der Waals surface area contributed by atoms with E-state index in [4.69, 9.17) is 0 Å². The summed E-state index contributed by atoms with van der Waals surface area (Å²) in [5.74, 6) is -0.0310. The first-order valence-electron chi connectivity index (χ1n) is 10.4. The number of nitrogens with zero attached hydrogens (tertiary/aromatic N) is 1. The van der Waals surface area contributed by atoms with Crippen LogP contribution in [0.3, 0.4) is 0 Å². The number of carbonyl (C=O) groups is 1. The predicted octanol–water partition coefficient (Wildman–Crippen LogP) is 4.33. The maximum absolute atomic E-state index is 13.3. The summed E-state index contributed by atoms with van der Waals surface area (Å²) in [6, 6.07) is 25.8. The number of rotatable bonds is 10. The smallest absolute Gasteiger partial charge is 0.264 e. The Labute approximate surface area is 184 Å². The molecule has 6 heteroatoms. The summed E-state index contributed by atoms with van der Waals surface area (Å²) < 4.78 is 28.0. The molecule has 0 aliphatic heterocycles. The maximum Gasteiger partial charge on any atom is 0.264 e. The molecule has 0 fully saturated rings. The molecule has 0 atom stereocenters. The van der Waals surface area contributed by atoms with Crippen LogP contribution in [0.2, 0.25) is 0 Å². The lowest BCUT2D eigenvalue weighted by atomic mass is 10.1. The molecule has 1 N–H and O–H groups in total. The fraction of sp³-hybridized carbons (Fsp3) is 0.240. The number of hydrogen-bond donors (Lipinski definition) is 1. The van der Waals surface area contributed by atoms with Gasteiger partial charge in [-0.15, -0.1) is 0 Å². The van der Waals surface area contributed by atoms with E-state index in [0.717, 1.165) is 11.1 Å². The quantitative estimate of drug-likeness (QED) is 0.481. The third kappa shape index (κ3) is 6.43. The summed E-state index contributed by atoms with van der Waals surface area (Å²) in [5, 5.41) is 2.90. The number of anilines is 1. The van der Waals surface area contributed by atoms with E-state index in [2.05, 4.69) is 5.32 Å². The highest BCUT2D eigenvalue weighted by Crippen LogP contribution is 2.24. The molecule has 3 aromatic carbocycles. The first kappa shape index (κ1) is 22.6. The molecule has 0 aliphatic carbocycles. The molecule has 162 valence electrons. The summed E-state index contributed by atoms with van der Waals surface area (Å²) in [7, 11) is -3.70. The summed E-state index contributed by atoms with van der Waals surface area (Å²) in [5.41, 5.74) is 2.74. The minimum Gasteiger partial charge on any atom is -0.356 e. The van der Waals surface area contributed by atoms with Crippen LogP contribution in [0.4, 0.5) is 5.69 Å². The molecule has 0 aromatic heterocycles. The van der Waals surface area contributed by atoms with Gasteiger partial charge in [-0.25, -0.2) is 8.42 Å². The van der Waals surface area contributed by atoms with Crippen LogP contribution in [-0.2, 0) is 21.2 Å². The van der Waals surface area contributed by atoms with Crippen molar-refractivity contribution in [1.82, 2.24) is 5.32 Å². The van der Waals surface area contributed by atoms with Crippen molar-refractivity contribution in [3.63, 3.8) is 0 Å². The fourth-order valence-electron chi connectivity index (χ4n) is 3.26. The van der Waals surface area contributed by atoms with Gasteiger partial charge in [0.1, 0.15) is 0 Å². The fourth-order valence-corrected chi connectivity index (χ4v) is 4.76. The lowest BCUT2D eigenvalue weighted by Crippen LogP contribution is -2.34. The zero-order valence-electron chi connectivity index (χ0n) is 17.7. The van der Waals surface area contributed by atoms with Crippen LogP contribution in [0.25, 0.3) is 0 Å². The Morgan fingerprint density at radius 2 is 1.48 bits per heavy atom. The predicted molar refractivity (Wildman–Crippen MR) is 125 cm³/mol. The van der Waals surface area contributed by atoms with E-state index >= 15 is 0 Å². The second-order valence-corrected chi connectivity index (χ2v) is 9.28. The Bertz CT molecular complexity index is 1070. The molecule has 0 saturated heterocycles. The summed E-state index contributed by atoms with van der Waals surface area (Å²) in [6.07, 6.45) is 1.61. The molecule has 0 aliphatic rings. The van der Waals surface area contributed by atoms with Gasteiger partial charge in [-0.05, 0) is 49.6 Å². The molecular formula is C25H28N2O3S. The van der Waals surface area contributed by atoms with Gasteiger partial charge < -0.3 is 5.32 Å². The van der Waals surface area contributed by atoms with Gasteiger partial charge in [0.2, 0.25) is 5.91 Å². The van der Waals surface area contributed by atoms with Crippen LogP contribution in [0.5, 0.6) is 0 Å². The van der Waals surface area contributed by atoms with E-state index in [1.54, 1.807) is 36.4 Å². The lowest BCUT2D eigenvalue weighted by Gasteiger charge is -2.24. The SMILES string of the molecule is Cc1ccc(S(=O)(=O)N(CCCNC(=O)CCc2ccccc2)c2ccccc2)cc1. The molecule has 3 rings (SSSR count). The average molecular weight is 437 g/mol. The Hall–Kier alpha value is -3.12. The van der Waals surface area contributed by atoms with Gasteiger partial charge in [0.15, 0.2) is 0 Å². The summed E-state index contributed by atoms with van der Waals surface area (Å²) in [6.45, 7) is 2.62. The van der Waals surface area contributed by atoms with E-state index in [0.29, 0.717) is 31.5 Å². The van der Waals surface area contributed by atoms with Crippen molar-refractivity contribution in [2.45, 2.75) is 31.1 Å². The molecule has 3 aromatic rings. The number of amides is 1. The van der Waals surface area contributed by atoms with Crippen LogP contribution in [0.1, 0.15) is 24.0 Å². The number of carbonyl (C=O) groups excluding carboxylic acids is 1. The van der Waals surface area contributed by atoms with E-state index in [9.17, 15) is 13.2 Å². The van der Waals surface area contributed by atoms with Crippen molar-refractivity contribution >= 4 is 21.6 Å². The summed E-state index contributed by atoms with van der Waals surface area (Å²) in [4.78, 5) is 12.4. The van der Waals surface area contributed by atoms with Gasteiger partial charge in [0.05, 0.1) is 10.6 Å². The monoisotopic (exact) mass is 436 g/mol. The molecule has 0 radical (unpaired) electrons. The van der Waals surface area contributed by atoms with Crippen LogP contribution >= 0.6 is 0 Å². The highest BCUT2D eigenvalue weighted by atomic mass is 32.2. The number of aryl methyl sites for hydroxylation is 2. The summed E-state index contributed by atoms with van der Waals surface area (Å²) >= 11 is 0.